The molecule has 17 heavy (non-hydrogen) atoms. The van der Waals surface area contributed by atoms with Crippen LogP contribution in [0.4, 0.5) is 0 Å². The van der Waals surface area contributed by atoms with E-state index in [4.69, 9.17) is 11.0 Å². The van der Waals surface area contributed by atoms with Gasteiger partial charge in [-0.3, -0.25) is 0 Å². The van der Waals surface area contributed by atoms with Crippen LogP contribution in [-0.2, 0) is 0 Å². The van der Waals surface area contributed by atoms with Gasteiger partial charge in [0.1, 0.15) is 12.4 Å². The van der Waals surface area contributed by atoms with Crippen LogP contribution in [0.1, 0.15) is 30.8 Å². The fourth-order valence-electron chi connectivity index (χ4n) is 1.72. The molecule has 0 saturated heterocycles. The molecular formula is C11H13N5S. The van der Waals surface area contributed by atoms with E-state index in [1.807, 2.05) is 29.8 Å². The van der Waals surface area contributed by atoms with E-state index < -0.39 is 0 Å². The molecule has 0 aliphatic rings. The van der Waals surface area contributed by atoms with E-state index in [1.165, 1.54) is 0 Å². The quantitative estimate of drug-likeness (QED) is 0.888. The van der Waals surface area contributed by atoms with E-state index in [0.29, 0.717) is 0 Å². The summed E-state index contributed by atoms with van der Waals surface area (Å²) in [6.07, 6.45) is 2.40. The molecule has 2 heterocycles. The lowest BCUT2D eigenvalue weighted by Gasteiger charge is -2.21. The monoisotopic (exact) mass is 247 g/mol. The van der Waals surface area contributed by atoms with Gasteiger partial charge in [0, 0.05) is 6.04 Å². The maximum Gasteiger partial charge on any atom is 0.252 e. The third-order valence-electron chi connectivity index (χ3n) is 2.66. The first-order valence-corrected chi connectivity index (χ1v) is 6.29. The minimum atomic E-state index is -0.0548. The highest BCUT2D eigenvalue weighted by Crippen LogP contribution is 2.24. The van der Waals surface area contributed by atoms with Crippen molar-refractivity contribution >= 4 is 11.3 Å². The summed E-state index contributed by atoms with van der Waals surface area (Å²) in [7, 11) is 0. The standard InChI is InChI=1S/C11H13N5S/c1-2-9(13)11(8-3-4-17-6-8)16-7-14-10(5-12)15-16/h3-4,6-7,9,11H,2,13H2,1H3. The molecule has 2 aromatic rings. The highest BCUT2D eigenvalue weighted by Gasteiger charge is 2.22. The molecule has 0 aliphatic heterocycles. The predicted octanol–water partition coefficient (Wildman–Crippen LogP) is 1.54. The SMILES string of the molecule is CCC(N)C(c1ccsc1)n1cnc(C#N)n1. The maximum absolute atomic E-state index is 8.74. The molecule has 0 aromatic carbocycles. The highest BCUT2D eigenvalue weighted by molar-refractivity contribution is 7.07. The zero-order valence-corrected chi connectivity index (χ0v) is 10.3. The second kappa shape index (κ2) is 5.08. The van der Waals surface area contributed by atoms with Gasteiger partial charge in [-0.25, -0.2) is 9.67 Å². The molecular weight excluding hydrogens is 234 g/mol. The van der Waals surface area contributed by atoms with E-state index >= 15 is 0 Å². The van der Waals surface area contributed by atoms with Crippen molar-refractivity contribution in [1.82, 2.24) is 14.8 Å². The van der Waals surface area contributed by atoms with E-state index in [0.717, 1.165) is 12.0 Å². The van der Waals surface area contributed by atoms with Crippen molar-refractivity contribution in [2.75, 3.05) is 0 Å². The van der Waals surface area contributed by atoms with Crippen LogP contribution < -0.4 is 5.73 Å². The molecule has 2 rings (SSSR count). The summed E-state index contributed by atoms with van der Waals surface area (Å²) >= 11 is 1.62. The number of hydrogen-bond acceptors (Lipinski definition) is 5. The summed E-state index contributed by atoms with van der Waals surface area (Å²) < 4.78 is 1.68. The topological polar surface area (TPSA) is 80.5 Å². The second-order valence-corrected chi connectivity index (χ2v) is 4.51. The van der Waals surface area contributed by atoms with Crippen molar-refractivity contribution in [3.63, 3.8) is 0 Å². The average Bonchev–Trinajstić information content (AvgIpc) is 3.00. The van der Waals surface area contributed by atoms with Gasteiger partial charge in [-0.15, -0.1) is 5.10 Å². The Kier molecular flexibility index (Phi) is 3.52. The van der Waals surface area contributed by atoms with Gasteiger partial charge in [0.15, 0.2) is 0 Å². The molecule has 2 N–H and O–H groups in total. The Morgan fingerprint density at radius 2 is 2.47 bits per heavy atom. The van der Waals surface area contributed by atoms with Crippen molar-refractivity contribution in [2.24, 2.45) is 5.73 Å². The number of hydrogen-bond donors (Lipinski definition) is 1. The Morgan fingerprint density at radius 3 is 3.00 bits per heavy atom. The van der Waals surface area contributed by atoms with Gasteiger partial charge < -0.3 is 5.73 Å². The third kappa shape index (κ3) is 2.35. The normalized spacial score (nSPS) is 14.2. The molecule has 0 radical (unpaired) electrons. The van der Waals surface area contributed by atoms with E-state index in [-0.39, 0.29) is 17.9 Å². The molecule has 0 bridgehead atoms. The first-order valence-electron chi connectivity index (χ1n) is 5.35. The summed E-state index contributed by atoms with van der Waals surface area (Å²) in [4.78, 5) is 3.92. The number of nitrogens with zero attached hydrogens (tertiary/aromatic N) is 4. The van der Waals surface area contributed by atoms with E-state index in [9.17, 15) is 0 Å². The Labute approximate surface area is 104 Å². The fourth-order valence-corrected chi connectivity index (χ4v) is 2.41. The summed E-state index contributed by atoms with van der Waals surface area (Å²) in [6, 6.07) is 3.85. The molecule has 6 heteroatoms. The van der Waals surface area contributed by atoms with Crippen molar-refractivity contribution in [3.8, 4) is 6.07 Å². The van der Waals surface area contributed by atoms with Gasteiger partial charge in [0.25, 0.3) is 5.82 Å². The summed E-state index contributed by atoms with van der Waals surface area (Å²) in [5, 5.41) is 16.9. The van der Waals surface area contributed by atoms with Crippen LogP contribution in [0.5, 0.6) is 0 Å². The zero-order chi connectivity index (χ0) is 12.3. The first-order chi connectivity index (χ1) is 8.26. The Bertz CT molecular complexity index is 510. The zero-order valence-electron chi connectivity index (χ0n) is 9.45. The van der Waals surface area contributed by atoms with Crippen LogP contribution in [-0.4, -0.2) is 20.8 Å². The van der Waals surface area contributed by atoms with Gasteiger partial charge in [-0.05, 0) is 28.8 Å². The highest BCUT2D eigenvalue weighted by atomic mass is 32.1. The maximum atomic E-state index is 8.74. The van der Waals surface area contributed by atoms with Crippen LogP contribution in [0.15, 0.2) is 23.2 Å². The molecule has 88 valence electrons. The van der Waals surface area contributed by atoms with Crippen molar-refractivity contribution in [1.29, 1.82) is 5.26 Å². The van der Waals surface area contributed by atoms with Gasteiger partial charge >= 0.3 is 0 Å². The van der Waals surface area contributed by atoms with Gasteiger partial charge in [-0.2, -0.15) is 16.6 Å². The molecule has 0 fully saturated rings. The molecule has 2 atom stereocenters. The van der Waals surface area contributed by atoms with E-state index in [2.05, 4.69) is 10.1 Å². The molecule has 0 amide bonds. The fraction of sp³-hybridized carbons (Fsp3) is 0.364. The molecule has 2 unspecified atom stereocenters. The van der Waals surface area contributed by atoms with Crippen LogP contribution in [0.3, 0.4) is 0 Å². The molecule has 2 aromatic heterocycles. The van der Waals surface area contributed by atoms with Crippen LogP contribution in [0, 0.1) is 11.3 Å². The smallest absolute Gasteiger partial charge is 0.252 e. The van der Waals surface area contributed by atoms with Crippen LogP contribution in [0.25, 0.3) is 0 Å². The number of nitrogens with two attached hydrogens (primary N) is 1. The first kappa shape index (κ1) is 11.8. The number of nitriles is 1. The van der Waals surface area contributed by atoms with Crippen LogP contribution >= 0.6 is 11.3 Å². The lowest BCUT2D eigenvalue weighted by atomic mass is 10.0. The Hall–Kier alpha value is -1.71. The van der Waals surface area contributed by atoms with Crippen molar-refractivity contribution < 1.29 is 0 Å². The minimum absolute atomic E-state index is 0.0437. The number of rotatable bonds is 4. The molecule has 0 spiro atoms. The number of thiophene rings is 1. The predicted molar refractivity (Wildman–Crippen MR) is 65.5 cm³/mol. The Morgan fingerprint density at radius 1 is 1.65 bits per heavy atom. The third-order valence-corrected chi connectivity index (χ3v) is 3.36. The largest absolute Gasteiger partial charge is 0.326 e. The van der Waals surface area contributed by atoms with Crippen molar-refractivity contribution in [3.05, 3.63) is 34.5 Å². The molecule has 0 saturated carbocycles. The minimum Gasteiger partial charge on any atom is -0.326 e. The van der Waals surface area contributed by atoms with Gasteiger partial charge in [0.05, 0.1) is 6.04 Å². The lowest BCUT2D eigenvalue weighted by Crippen LogP contribution is -2.32. The van der Waals surface area contributed by atoms with Gasteiger partial charge in [0.2, 0.25) is 0 Å². The average molecular weight is 247 g/mol. The van der Waals surface area contributed by atoms with Crippen LogP contribution in [0.2, 0.25) is 0 Å². The summed E-state index contributed by atoms with van der Waals surface area (Å²) in [5.74, 6) is 0.175. The summed E-state index contributed by atoms with van der Waals surface area (Å²) in [6.45, 7) is 2.03. The van der Waals surface area contributed by atoms with E-state index in [1.54, 1.807) is 22.3 Å². The molecule has 0 aliphatic carbocycles. The second-order valence-electron chi connectivity index (χ2n) is 3.73. The van der Waals surface area contributed by atoms with Gasteiger partial charge in [-0.1, -0.05) is 6.92 Å². The van der Waals surface area contributed by atoms with Crippen molar-refractivity contribution in [2.45, 2.75) is 25.4 Å². The number of aromatic nitrogens is 3. The lowest BCUT2D eigenvalue weighted by molar-refractivity contribution is 0.423. The molecule has 5 nitrogen and oxygen atoms in total. The Balaban J connectivity index is 2.37. The summed E-state index contributed by atoms with van der Waals surface area (Å²) in [5.41, 5.74) is 7.23.